The van der Waals surface area contributed by atoms with E-state index in [1.807, 2.05) is 49.8 Å². The lowest BCUT2D eigenvalue weighted by atomic mass is 10.2. The van der Waals surface area contributed by atoms with Crippen molar-refractivity contribution in [2.24, 2.45) is 0 Å². The molecule has 2 rings (SSSR count). The molecule has 0 aliphatic heterocycles. The Balaban J connectivity index is 2.15. The molecule has 1 heterocycles. The van der Waals surface area contributed by atoms with Crippen LogP contribution in [-0.2, 0) is 0 Å². The lowest BCUT2D eigenvalue weighted by Gasteiger charge is -2.07. The summed E-state index contributed by atoms with van der Waals surface area (Å²) in [5.74, 6) is -0.0636. The molecule has 0 atom stereocenters. The van der Waals surface area contributed by atoms with Crippen molar-refractivity contribution in [2.75, 3.05) is 20.1 Å². The minimum absolute atomic E-state index is 0.0636. The average Bonchev–Trinajstić information content (AvgIpc) is 2.75. The maximum Gasteiger partial charge on any atom is 0.251 e. The molecule has 0 radical (unpaired) electrons. The first kappa shape index (κ1) is 15.7. The number of likely N-dealkylation sites (N-methyl/N-ethyl adjacent to an activating group) is 1. The first-order valence-corrected chi connectivity index (χ1v) is 7.59. The molecule has 0 bridgehead atoms. The Morgan fingerprint density at radius 2 is 1.90 bits per heavy atom. The summed E-state index contributed by atoms with van der Waals surface area (Å²) in [5, 5.41) is 10.3. The van der Waals surface area contributed by atoms with E-state index in [-0.39, 0.29) is 5.91 Å². The van der Waals surface area contributed by atoms with Crippen LogP contribution in [0, 0.1) is 13.8 Å². The first-order valence-electron chi connectivity index (χ1n) is 6.79. The van der Waals surface area contributed by atoms with Gasteiger partial charge < -0.3 is 10.6 Å². The second kappa shape index (κ2) is 6.87. The molecule has 0 fully saturated rings. The number of rotatable bonds is 5. The molecule has 2 N–H and O–H groups in total. The number of halogens is 1. The quantitative estimate of drug-likeness (QED) is 0.812. The van der Waals surface area contributed by atoms with Crippen molar-refractivity contribution >= 4 is 21.8 Å². The predicted molar refractivity (Wildman–Crippen MR) is 87.0 cm³/mol. The molecule has 0 aliphatic rings. The van der Waals surface area contributed by atoms with Gasteiger partial charge in [0.25, 0.3) is 5.91 Å². The fourth-order valence-electron chi connectivity index (χ4n) is 2.03. The van der Waals surface area contributed by atoms with E-state index in [1.54, 1.807) is 0 Å². The summed E-state index contributed by atoms with van der Waals surface area (Å²) in [6.45, 7) is 5.32. The van der Waals surface area contributed by atoms with Gasteiger partial charge in [0.15, 0.2) is 0 Å². The summed E-state index contributed by atoms with van der Waals surface area (Å²) in [6.07, 6.45) is 0. The summed E-state index contributed by atoms with van der Waals surface area (Å²) in [6, 6.07) is 7.43. The molecule has 0 spiro atoms. The van der Waals surface area contributed by atoms with Gasteiger partial charge in [0.05, 0.1) is 21.5 Å². The fraction of sp³-hybridized carbons (Fsp3) is 0.333. The lowest BCUT2D eigenvalue weighted by molar-refractivity contribution is 0.0954. The molecule has 5 nitrogen and oxygen atoms in total. The normalized spacial score (nSPS) is 10.7. The third kappa shape index (κ3) is 3.51. The monoisotopic (exact) mass is 350 g/mol. The smallest absolute Gasteiger partial charge is 0.251 e. The van der Waals surface area contributed by atoms with Gasteiger partial charge in [0.2, 0.25) is 0 Å². The van der Waals surface area contributed by atoms with Crippen LogP contribution >= 0.6 is 15.9 Å². The third-order valence-corrected chi connectivity index (χ3v) is 4.39. The highest BCUT2D eigenvalue weighted by molar-refractivity contribution is 9.10. The molecule has 0 aliphatic carbocycles. The van der Waals surface area contributed by atoms with Gasteiger partial charge in [-0.05, 0) is 61.1 Å². The molecule has 1 aromatic carbocycles. The highest BCUT2D eigenvalue weighted by atomic mass is 79.9. The first-order chi connectivity index (χ1) is 10.0. The van der Waals surface area contributed by atoms with Crippen molar-refractivity contribution < 1.29 is 4.79 Å². The zero-order valence-electron chi connectivity index (χ0n) is 12.4. The Bertz CT molecular complexity index is 634. The number of hydrogen-bond donors (Lipinski definition) is 2. The summed E-state index contributed by atoms with van der Waals surface area (Å²) < 4.78 is 2.87. The number of carbonyl (C=O) groups excluding carboxylic acids is 1. The maximum absolute atomic E-state index is 11.9. The van der Waals surface area contributed by atoms with Gasteiger partial charge in [0, 0.05) is 18.7 Å². The number of nitrogens with zero attached hydrogens (tertiary/aromatic N) is 2. The lowest BCUT2D eigenvalue weighted by Crippen LogP contribution is -2.30. The average molecular weight is 351 g/mol. The van der Waals surface area contributed by atoms with Gasteiger partial charge in [-0.3, -0.25) is 4.79 Å². The van der Waals surface area contributed by atoms with Crippen LogP contribution in [0.25, 0.3) is 5.69 Å². The Morgan fingerprint density at radius 3 is 2.43 bits per heavy atom. The molecule has 0 saturated heterocycles. The molecule has 1 amide bonds. The number of benzene rings is 1. The Kier molecular flexibility index (Phi) is 5.14. The van der Waals surface area contributed by atoms with E-state index in [2.05, 4.69) is 31.7 Å². The van der Waals surface area contributed by atoms with Crippen molar-refractivity contribution in [3.05, 3.63) is 45.7 Å². The molecule has 21 heavy (non-hydrogen) atoms. The summed E-state index contributed by atoms with van der Waals surface area (Å²) in [5.41, 5.74) is 3.57. The number of aryl methyl sites for hydroxylation is 1. The van der Waals surface area contributed by atoms with E-state index in [1.165, 1.54) is 0 Å². The van der Waals surface area contributed by atoms with Crippen LogP contribution in [0.4, 0.5) is 0 Å². The van der Waals surface area contributed by atoms with Crippen LogP contribution in [0.15, 0.2) is 28.7 Å². The van der Waals surface area contributed by atoms with E-state index in [9.17, 15) is 4.79 Å². The van der Waals surface area contributed by atoms with Gasteiger partial charge in [-0.25, -0.2) is 4.68 Å². The Hall–Kier alpha value is -1.66. The van der Waals surface area contributed by atoms with E-state index < -0.39 is 0 Å². The van der Waals surface area contributed by atoms with Gasteiger partial charge in [0.1, 0.15) is 0 Å². The Morgan fingerprint density at radius 1 is 1.24 bits per heavy atom. The summed E-state index contributed by atoms with van der Waals surface area (Å²) in [4.78, 5) is 11.9. The van der Waals surface area contributed by atoms with Crippen LogP contribution in [0.2, 0.25) is 0 Å². The van der Waals surface area contributed by atoms with Gasteiger partial charge in [-0.1, -0.05) is 0 Å². The molecule has 112 valence electrons. The van der Waals surface area contributed by atoms with E-state index >= 15 is 0 Å². The molecule has 1 aromatic heterocycles. The molecule has 0 unspecified atom stereocenters. The zero-order valence-corrected chi connectivity index (χ0v) is 14.0. The van der Waals surface area contributed by atoms with Gasteiger partial charge >= 0.3 is 0 Å². The highest BCUT2D eigenvalue weighted by Gasteiger charge is 2.11. The number of amides is 1. The molecule has 2 aromatic rings. The standard InChI is InChI=1S/C15H19BrN4O/c1-10-14(16)11(2)20(19-10)13-6-4-12(5-7-13)15(21)18-9-8-17-3/h4-7,17H,8-9H2,1-3H3,(H,18,21). The highest BCUT2D eigenvalue weighted by Crippen LogP contribution is 2.23. The number of carbonyl (C=O) groups is 1. The van der Waals surface area contributed by atoms with E-state index in [0.29, 0.717) is 12.1 Å². The minimum Gasteiger partial charge on any atom is -0.351 e. The molecule has 6 heteroatoms. The number of hydrogen-bond acceptors (Lipinski definition) is 3. The van der Waals surface area contributed by atoms with Crippen LogP contribution in [-0.4, -0.2) is 35.8 Å². The van der Waals surface area contributed by atoms with E-state index in [0.717, 1.165) is 28.1 Å². The summed E-state index contributed by atoms with van der Waals surface area (Å²) >= 11 is 3.52. The fourth-order valence-corrected chi connectivity index (χ4v) is 2.28. The SMILES string of the molecule is CNCCNC(=O)c1ccc(-n2nc(C)c(Br)c2C)cc1. The topological polar surface area (TPSA) is 58.9 Å². The van der Waals surface area contributed by atoms with Gasteiger partial charge in [-0.15, -0.1) is 0 Å². The second-order valence-electron chi connectivity index (χ2n) is 4.80. The number of aromatic nitrogens is 2. The second-order valence-corrected chi connectivity index (χ2v) is 5.60. The summed E-state index contributed by atoms with van der Waals surface area (Å²) in [7, 11) is 1.85. The maximum atomic E-state index is 11.9. The largest absolute Gasteiger partial charge is 0.351 e. The van der Waals surface area contributed by atoms with Crippen molar-refractivity contribution in [2.45, 2.75) is 13.8 Å². The third-order valence-electron chi connectivity index (χ3n) is 3.24. The Labute approximate surface area is 132 Å². The zero-order chi connectivity index (χ0) is 15.4. The van der Waals surface area contributed by atoms with Crippen LogP contribution in [0.5, 0.6) is 0 Å². The predicted octanol–water partition coefficient (Wildman–Crippen LogP) is 2.20. The molecular formula is C15H19BrN4O. The van der Waals surface area contributed by atoms with Crippen molar-refractivity contribution in [3.8, 4) is 5.69 Å². The van der Waals surface area contributed by atoms with E-state index in [4.69, 9.17) is 0 Å². The molecule has 0 saturated carbocycles. The van der Waals surface area contributed by atoms with Crippen LogP contribution < -0.4 is 10.6 Å². The van der Waals surface area contributed by atoms with Crippen LogP contribution in [0.1, 0.15) is 21.7 Å². The minimum atomic E-state index is -0.0636. The van der Waals surface area contributed by atoms with Crippen LogP contribution in [0.3, 0.4) is 0 Å². The van der Waals surface area contributed by atoms with Gasteiger partial charge in [-0.2, -0.15) is 5.10 Å². The van der Waals surface area contributed by atoms with Crippen molar-refractivity contribution in [1.29, 1.82) is 0 Å². The van der Waals surface area contributed by atoms with Crippen molar-refractivity contribution in [1.82, 2.24) is 20.4 Å². The number of nitrogens with one attached hydrogen (secondary N) is 2. The molecular weight excluding hydrogens is 332 g/mol. The van der Waals surface area contributed by atoms with Crippen molar-refractivity contribution in [3.63, 3.8) is 0 Å².